The van der Waals surface area contributed by atoms with Gasteiger partial charge in [-0.1, -0.05) is 66.6 Å². The molecule has 0 fully saturated rings. The topological polar surface area (TPSA) is 86.8 Å². The van der Waals surface area contributed by atoms with E-state index in [1.807, 2.05) is 51.1 Å². The number of hydrogen-bond acceptors (Lipinski definition) is 4. The molecule has 1 atom stereocenters. The van der Waals surface area contributed by atoms with E-state index < -0.39 is 28.5 Å². The van der Waals surface area contributed by atoms with Gasteiger partial charge < -0.3 is 10.2 Å². The van der Waals surface area contributed by atoms with Crippen LogP contribution in [0.3, 0.4) is 0 Å². The molecular weight excluding hydrogens is 522 g/mol. The molecule has 0 spiro atoms. The average molecular weight is 556 g/mol. The Morgan fingerprint density at radius 1 is 0.921 bits per heavy atom. The van der Waals surface area contributed by atoms with E-state index in [1.165, 1.54) is 29.2 Å². The van der Waals surface area contributed by atoms with Gasteiger partial charge in [-0.25, -0.2) is 8.42 Å². The molecule has 0 saturated heterocycles. The van der Waals surface area contributed by atoms with Crippen LogP contribution in [0.2, 0.25) is 5.02 Å². The highest BCUT2D eigenvalue weighted by atomic mass is 35.5. The maximum atomic E-state index is 13.9. The number of benzene rings is 3. The Bertz CT molecular complexity index is 1310. The van der Waals surface area contributed by atoms with Crippen LogP contribution in [-0.2, 0) is 26.0 Å². The van der Waals surface area contributed by atoms with Crippen LogP contribution in [-0.4, -0.2) is 50.8 Å². The van der Waals surface area contributed by atoms with E-state index >= 15 is 0 Å². The number of nitrogens with one attached hydrogen (secondary N) is 1. The van der Waals surface area contributed by atoms with Gasteiger partial charge in [0.1, 0.15) is 12.6 Å². The second-order valence-corrected chi connectivity index (χ2v) is 11.2. The van der Waals surface area contributed by atoms with Gasteiger partial charge in [-0.15, -0.1) is 0 Å². The first kappa shape index (κ1) is 29.2. The third-order valence-corrected chi connectivity index (χ3v) is 8.26. The summed E-state index contributed by atoms with van der Waals surface area (Å²) in [5, 5.41) is 3.21. The lowest BCUT2D eigenvalue weighted by molar-refractivity contribution is -0.139. The van der Waals surface area contributed by atoms with Gasteiger partial charge in [0, 0.05) is 18.1 Å². The van der Waals surface area contributed by atoms with Gasteiger partial charge in [0.15, 0.2) is 0 Å². The van der Waals surface area contributed by atoms with Gasteiger partial charge in [0.05, 0.1) is 10.6 Å². The highest BCUT2D eigenvalue weighted by Crippen LogP contribution is 2.26. The smallest absolute Gasteiger partial charge is 0.264 e. The highest BCUT2D eigenvalue weighted by Gasteiger charge is 2.33. The summed E-state index contributed by atoms with van der Waals surface area (Å²) < 4.78 is 28.6. The predicted octanol–water partition coefficient (Wildman–Crippen LogP) is 4.83. The van der Waals surface area contributed by atoms with E-state index in [-0.39, 0.29) is 17.3 Å². The largest absolute Gasteiger partial charge is 0.355 e. The van der Waals surface area contributed by atoms with Crippen LogP contribution in [0.25, 0.3) is 0 Å². The summed E-state index contributed by atoms with van der Waals surface area (Å²) >= 11 is 5.99. The molecule has 2 amide bonds. The Hall–Kier alpha value is -3.36. The van der Waals surface area contributed by atoms with Crippen LogP contribution in [0.5, 0.6) is 0 Å². The molecule has 0 aromatic heterocycles. The van der Waals surface area contributed by atoms with Crippen molar-refractivity contribution in [1.29, 1.82) is 0 Å². The molecule has 3 aromatic carbocycles. The monoisotopic (exact) mass is 555 g/mol. The molecule has 7 nitrogen and oxygen atoms in total. The molecule has 202 valence electrons. The van der Waals surface area contributed by atoms with Crippen LogP contribution in [0.15, 0.2) is 83.8 Å². The minimum absolute atomic E-state index is 0.0156. The Morgan fingerprint density at radius 2 is 1.55 bits per heavy atom. The van der Waals surface area contributed by atoms with Crippen LogP contribution in [0.4, 0.5) is 5.69 Å². The molecule has 9 heteroatoms. The molecule has 0 bridgehead atoms. The van der Waals surface area contributed by atoms with Crippen molar-refractivity contribution < 1.29 is 18.0 Å². The van der Waals surface area contributed by atoms with Crippen LogP contribution >= 0.6 is 11.6 Å². The number of carbonyl (C=O) groups excluding carboxylic acids is 2. The molecular formula is C29H34ClN3O4S. The van der Waals surface area contributed by atoms with Crippen molar-refractivity contribution in [3.63, 3.8) is 0 Å². The zero-order chi connectivity index (χ0) is 27.7. The Kier molecular flexibility index (Phi) is 10.3. The standard InChI is InChI=1S/C29H34ClN3O4S/c1-4-27(29(35)31-5-2)32(20-19-23-9-7-6-8-10-23)28(34)21-33(25-15-11-22(3)12-16-25)38(36,37)26-17-13-24(30)14-18-26/h6-18,27H,4-5,19-21H2,1-3H3,(H,31,35)/t27-/m0/s1. The fraction of sp³-hybridized carbons (Fsp3) is 0.310. The second kappa shape index (κ2) is 13.4. The normalized spacial score (nSPS) is 12.0. The SMILES string of the molecule is CCNC(=O)[C@H](CC)N(CCc1ccccc1)C(=O)CN(c1ccc(C)cc1)S(=O)(=O)c1ccc(Cl)cc1. The van der Waals surface area contributed by atoms with Gasteiger partial charge in [0.25, 0.3) is 10.0 Å². The summed E-state index contributed by atoms with van der Waals surface area (Å²) in [5.74, 6) is -0.726. The Balaban J connectivity index is 1.99. The summed E-state index contributed by atoms with van der Waals surface area (Å²) in [6, 6.07) is 21.7. The van der Waals surface area contributed by atoms with Gasteiger partial charge in [-0.2, -0.15) is 0 Å². The number of hydrogen-bond donors (Lipinski definition) is 1. The molecule has 38 heavy (non-hydrogen) atoms. The number of carbonyl (C=O) groups is 2. The third-order valence-electron chi connectivity index (χ3n) is 6.22. The van der Waals surface area contributed by atoms with Crippen LogP contribution < -0.4 is 9.62 Å². The van der Waals surface area contributed by atoms with Gasteiger partial charge in [0.2, 0.25) is 11.8 Å². The summed E-state index contributed by atoms with van der Waals surface area (Å²) in [7, 11) is -4.12. The molecule has 3 aromatic rings. The minimum atomic E-state index is -4.12. The van der Waals surface area contributed by atoms with Crippen LogP contribution in [0, 0.1) is 6.92 Å². The van der Waals surface area contributed by atoms with E-state index in [0.29, 0.717) is 30.1 Å². The third kappa shape index (κ3) is 7.36. The summed E-state index contributed by atoms with van der Waals surface area (Å²) in [6.07, 6.45) is 0.914. The number of amides is 2. The maximum Gasteiger partial charge on any atom is 0.264 e. The molecule has 0 heterocycles. The fourth-order valence-corrected chi connectivity index (χ4v) is 5.70. The van der Waals surface area contributed by atoms with E-state index in [0.717, 1.165) is 15.4 Å². The van der Waals surface area contributed by atoms with Crippen molar-refractivity contribution in [3.8, 4) is 0 Å². The molecule has 1 N–H and O–H groups in total. The minimum Gasteiger partial charge on any atom is -0.355 e. The lowest BCUT2D eigenvalue weighted by atomic mass is 10.1. The lowest BCUT2D eigenvalue weighted by Crippen LogP contribution is -2.53. The molecule has 0 saturated carbocycles. The average Bonchev–Trinajstić information content (AvgIpc) is 2.91. The second-order valence-electron chi connectivity index (χ2n) is 8.94. The molecule has 0 unspecified atom stereocenters. The summed E-state index contributed by atoms with van der Waals surface area (Å²) in [5.41, 5.74) is 2.32. The zero-order valence-electron chi connectivity index (χ0n) is 21.9. The van der Waals surface area contributed by atoms with E-state index in [4.69, 9.17) is 11.6 Å². The first-order valence-corrected chi connectivity index (χ1v) is 14.4. The first-order chi connectivity index (χ1) is 18.2. The van der Waals surface area contributed by atoms with E-state index in [1.54, 1.807) is 24.3 Å². The maximum absolute atomic E-state index is 13.9. The highest BCUT2D eigenvalue weighted by molar-refractivity contribution is 7.92. The Labute approximate surface area is 230 Å². The Morgan fingerprint density at radius 3 is 2.13 bits per heavy atom. The molecule has 0 aliphatic rings. The number of sulfonamides is 1. The zero-order valence-corrected chi connectivity index (χ0v) is 23.5. The van der Waals surface area contributed by atoms with E-state index in [2.05, 4.69) is 5.32 Å². The molecule has 0 aliphatic carbocycles. The quantitative estimate of drug-likeness (QED) is 0.347. The van der Waals surface area contributed by atoms with Crippen molar-refractivity contribution in [3.05, 3.63) is 95.0 Å². The number of aryl methyl sites for hydroxylation is 1. The molecule has 3 rings (SSSR count). The lowest BCUT2D eigenvalue weighted by Gasteiger charge is -2.33. The van der Waals surface area contributed by atoms with Crippen molar-refractivity contribution in [2.45, 2.75) is 44.6 Å². The number of nitrogens with zero attached hydrogens (tertiary/aromatic N) is 2. The van der Waals surface area contributed by atoms with Crippen molar-refractivity contribution in [1.82, 2.24) is 10.2 Å². The summed E-state index contributed by atoms with van der Waals surface area (Å²) in [4.78, 5) is 28.3. The first-order valence-electron chi connectivity index (χ1n) is 12.6. The number of anilines is 1. The fourth-order valence-electron chi connectivity index (χ4n) is 4.16. The molecule has 0 aliphatic heterocycles. The number of halogens is 1. The van der Waals surface area contributed by atoms with Gasteiger partial charge >= 0.3 is 0 Å². The number of rotatable bonds is 12. The summed E-state index contributed by atoms with van der Waals surface area (Å²) in [6.45, 7) is 5.79. The predicted molar refractivity (Wildman–Crippen MR) is 152 cm³/mol. The van der Waals surface area contributed by atoms with Gasteiger partial charge in [-0.05, 0) is 68.7 Å². The van der Waals surface area contributed by atoms with E-state index in [9.17, 15) is 18.0 Å². The molecule has 0 radical (unpaired) electrons. The van der Waals surface area contributed by atoms with Crippen molar-refractivity contribution in [2.24, 2.45) is 0 Å². The van der Waals surface area contributed by atoms with Gasteiger partial charge in [-0.3, -0.25) is 13.9 Å². The van der Waals surface area contributed by atoms with Crippen LogP contribution in [0.1, 0.15) is 31.4 Å². The van der Waals surface area contributed by atoms with Crippen molar-refractivity contribution in [2.75, 3.05) is 23.9 Å². The van der Waals surface area contributed by atoms with Crippen molar-refractivity contribution >= 4 is 39.1 Å². The number of likely N-dealkylation sites (N-methyl/N-ethyl adjacent to an activating group) is 1.